The molecule has 0 aliphatic carbocycles. The molecule has 1 aliphatic rings. The lowest BCUT2D eigenvalue weighted by atomic mass is 9.92. The summed E-state index contributed by atoms with van der Waals surface area (Å²) in [7, 11) is 0. The van der Waals surface area contributed by atoms with Crippen LogP contribution in [0.5, 0.6) is 0 Å². The van der Waals surface area contributed by atoms with E-state index in [1.807, 2.05) is 0 Å². The Morgan fingerprint density at radius 2 is 1.16 bits per heavy atom. The lowest BCUT2D eigenvalue weighted by Crippen LogP contribution is -2.33. The number of para-hydroxylation sites is 1. The highest BCUT2D eigenvalue weighted by Crippen LogP contribution is 2.40. The van der Waals surface area contributed by atoms with Crippen LogP contribution in [0.4, 0.5) is 0 Å². The molecule has 0 amide bonds. The fourth-order valence-corrected chi connectivity index (χ4v) is 5.83. The smallest absolute Gasteiger partial charge is 0.0893 e. The molecular formula is C35H28N2. The molecule has 0 fully saturated rings. The van der Waals surface area contributed by atoms with Crippen LogP contribution in [0.3, 0.4) is 0 Å². The Kier molecular flexibility index (Phi) is 5.45. The maximum atomic E-state index is 3.99. The Labute approximate surface area is 217 Å². The molecule has 0 spiro atoms. The number of hydrogen-bond acceptors (Lipinski definition) is 1. The van der Waals surface area contributed by atoms with Gasteiger partial charge in [-0.3, -0.25) is 5.32 Å². The zero-order chi connectivity index (χ0) is 24.6. The van der Waals surface area contributed by atoms with Crippen molar-refractivity contribution in [1.82, 2.24) is 9.88 Å². The molecule has 0 saturated heterocycles. The van der Waals surface area contributed by atoms with E-state index in [-0.39, 0.29) is 12.2 Å². The van der Waals surface area contributed by atoms with Gasteiger partial charge in [-0.2, -0.15) is 0 Å². The van der Waals surface area contributed by atoms with Crippen molar-refractivity contribution in [2.45, 2.75) is 18.6 Å². The van der Waals surface area contributed by atoms with Crippen LogP contribution in [0.2, 0.25) is 0 Å². The molecule has 37 heavy (non-hydrogen) atoms. The van der Waals surface area contributed by atoms with Gasteiger partial charge in [0, 0.05) is 17.2 Å². The van der Waals surface area contributed by atoms with E-state index in [1.165, 1.54) is 49.6 Å². The standard InChI is InChI=1S/C35H28N2/c1-4-12-25(13-5-1)28-20-21-34-31(22-28)30-18-10-11-19-33(30)37(34)35-24-29(26-14-6-2-7-15-26)23-32(36-35)27-16-8-3-9-17-27/h1-23,32,35-36H,24H2. The minimum atomic E-state index is 0.121. The second kappa shape index (κ2) is 9.24. The first-order chi connectivity index (χ1) is 18.3. The van der Waals surface area contributed by atoms with E-state index in [9.17, 15) is 0 Å². The Morgan fingerprint density at radius 3 is 1.92 bits per heavy atom. The monoisotopic (exact) mass is 476 g/mol. The van der Waals surface area contributed by atoms with E-state index < -0.39 is 0 Å². The van der Waals surface area contributed by atoms with Gasteiger partial charge in [0.15, 0.2) is 0 Å². The number of nitrogens with zero attached hydrogens (tertiary/aromatic N) is 1. The van der Waals surface area contributed by atoms with E-state index in [4.69, 9.17) is 0 Å². The van der Waals surface area contributed by atoms with E-state index in [0.29, 0.717) is 0 Å². The number of hydrogen-bond donors (Lipinski definition) is 1. The van der Waals surface area contributed by atoms with E-state index in [1.54, 1.807) is 0 Å². The normalized spacial score (nSPS) is 17.7. The Morgan fingerprint density at radius 1 is 0.541 bits per heavy atom. The van der Waals surface area contributed by atoms with Gasteiger partial charge in [0.05, 0.1) is 23.2 Å². The molecule has 5 aromatic carbocycles. The van der Waals surface area contributed by atoms with Gasteiger partial charge < -0.3 is 4.57 Å². The summed E-state index contributed by atoms with van der Waals surface area (Å²) < 4.78 is 2.52. The minimum absolute atomic E-state index is 0.121. The molecule has 6 aromatic rings. The predicted octanol–water partition coefficient (Wildman–Crippen LogP) is 8.78. The number of nitrogens with one attached hydrogen (secondary N) is 1. The summed E-state index contributed by atoms with van der Waals surface area (Å²) in [6.45, 7) is 0. The van der Waals surface area contributed by atoms with Crippen molar-refractivity contribution in [3.05, 3.63) is 151 Å². The van der Waals surface area contributed by atoms with Crippen LogP contribution in [0.1, 0.15) is 29.8 Å². The highest BCUT2D eigenvalue weighted by atomic mass is 15.2. The van der Waals surface area contributed by atoms with Crippen LogP contribution in [0.25, 0.3) is 38.5 Å². The van der Waals surface area contributed by atoms with Crippen LogP contribution >= 0.6 is 0 Å². The molecule has 1 aliphatic heterocycles. The first-order valence-electron chi connectivity index (χ1n) is 13.0. The average Bonchev–Trinajstić information content (AvgIpc) is 3.32. The molecule has 0 radical (unpaired) electrons. The van der Waals surface area contributed by atoms with Gasteiger partial charge in [0.2, 0.25) is 0 Å². The summed E-state index contributed by atoms with van der Waals surface area (Å²) in [5.74, 6) is 0. The zero-order valence-corrected chi connectivity index (χ0v) is 20.6. The number of rotatable bonds is 4. The first-order valence-corrected chi connectivity index (χ1v) is 13.0. The fourth-order valence-electron chi connectivity index (χ4n) is 5.83. The molecule has 7 rings (SSSR count). The molecule has 0 saturated carbocycles. The van der Waals surface area contributed by atoms with E-state index in [2.05, 4.69) is 149 Å². The SMILES string of the molecule is C1=C(c2ccccc2)CC(n2c3ccccc3c3cc(-c4ccccc4)ccc32)NC1c1ccccc1. The predicted molar refractivity (Wildman–Crippen MR) is 155 cm³/mol. The molecule has 2 atom stereocenters. The van der Waals surface area contributed by atoms with Crippen LogP contribution < -0.4 is 5.32 Å². The van der Waals surface area contributed by atoms with Crippen LogP contribution in [-0.2, 0) is 0 Å². The first kappa shape index (κ1) is 21.8. The van der Waals surface area contributed by atoms with Gasteiger partial charge in [-0.25, -0.2) is 0 Å². The summed E-state index contributed by atoms with van der Waals surface area (Å²) >= 11 is 0. The van der Waals surface area contributed by atoms with Crippen LogP contribution in [0.15, 0.2) is 140 Å². The molecule has 2 heterocycles. The average molecular weight is 477 g/mol. The molecule has 1 N–H and O–H groups in total. The number of benzene rings is 5. The lowest BCUT2D eigenvalue weighted by Gasteiger charge is -2.33. The highest BCUT2D eigenvalue weighted by molar-refractivity contribution is 6.09. The van der Waals surface area contributed by atoms with Gasteiger partial charge in [0.25, 0.3) is 0 Å². The third-order valence-electron chi connectivity index (χ3n) is 7.58. The van der Waals surface area contributed by atoms with Gasteiger partial charge in [-0.05, 0) is 46.0 Å². The Bertz CT molecular complexity index is 1710. The topological polar surface area (TPSA) is 17.0 Å². The second-order valence-electron chi connectivity index (χ2n) is 9.82. The second-order valence-corrected chi connectivity index (χ2v) is 9.82. The third kappa shape index (κ3) is 3.96. The van der Waals surface area contributed by atoms with Crippen molar-refractivity contribution in [2.75, 3.05) is 0 Å². The molecule has 2 unspecified atom stereocenters. The van der Waals surface area contributed by atoms with Crippen LogP contribution in [-0.4, -0.2) is 4.57 Å². The minimum Gasteiger partial charge on any atom is -0.324 e. The van der Waals surface area contributed by atoms with Crippen molar-refractivity contribution in [3.63, 3.8) is 0 Å². The van der Waals surface area contributed by atoms with Gasteiger partial charge in [-0.1, -0.05) is 121 Å². The summed E-state index contributed by atoms with van der Waals surface area (Å²) in [6.07, 6.45) is 3.44. The maximum absolute atomic E-state index is 3.99. The Balaban J connectivity index is 1.40. The molecule has 178 valence electrons. The van der Waals surface area contributed by atoms with E-state index >= 15 is 0 Å². The molecule has 1 aromatic heterocycles. The van der Waals surface area contributed by atoms with Crippen LogP contribution in [0, 0.1) is 0 Å². The number of aromatic nitrogens is 1. The molecule has 2 nitrogen and oxygen atoms in total. The maximum Gasteiger partial charge on any atom is 0.0893 e. The highest BCUT2D eigenvalue weighted by Gasteiger charge is 2.27. The quantitative estimate of drug-likeness (QED) is 0.269. The third-order valence-corrected chi connectivity index (χ3v) is 7.58. The summed E-state index contributed by atoms with van der Waals surface area (Å²) in [4.78, 5) is 0. The largest absolute Gasteiger partial charge is 0.324 e. The Hall–Kier alpha value is -4.40. The summed E-state index contributed by atoms with van der Waals surface area (Å²) in [5, 5.41) is 6.58. The van der Waals surface area contributed by atoms with Gasteiger partial charge in [0.1, 0.15) is 0 Å². The van der Waals surface area contributed by atoms with Crippen molar-refractivity contribution < 1.29 is 0 Å². The van der Waals surface area contributed by atoms with E-state index in [0.717, 1.165) is 6.42 Å². The zero-order valence-electron chi connectivity index (χ0n) is 20.6. The van der Waals surface area contributed by atoms with Crippen molar-refractivity contribution in [3.8, 4) is 11.1 Å². The van der Waals surface area contributed by atoms with Gasteiger partial charge >= 0.3 is 0 Å². The summed E-state index contributed by atoms with van der Waals surface area (Å²) in [6, 6.07) is 48.1. The fraction of sp³-hybridized carbons (Fsp3) is 0.0857. The van der Waals surface area contributed by atoms with Crippen molar-refractivity contribution >= 4 is 27.4 Å². The number of fused-ring (bicyclic) bond motifs is 3. The molecular weight excluding hydrogens is 448 g/mol. The summed E-state index contributed by atoms with van der Waals surface area (Å²) in [5.41, 5.74) is 8.98. The lowest BCUT2D eigenvalue weighted by molar-refractivity contribution is 0.389. The molecule has 2 heteroatoms. The van der Waals surface area contributed by atoms with Crippen molar-refractivity contribution in [1.29, 1.82) is 0 Å². The molecule has 0 bridgehead atoms. The van der Waals surface area contributed by atoms with Gasteiger partial charge in [-0.15, -0.1) is 0 Å². The van der Waals surface area contributed by atoms with Crippen molar-refractivity contribution in [2.24, 2.45) is 0 Å².